The number of hydrogen-bond acceptors (Lipinski definition) is 3. The number of nitrogens with one attached hydrogen (secondary N) is 1. The molecule has 0 saturated heterocycles. The Morgan fingerprint density at radius 2 is 2.27 bits per heavy atom. The Morgan fingerprint density at radius 1 is 1.47 bits per heavy atom. The molecular formula is C12H17NO2. The number of ether oxygens (including phenoxy) is 1. The third-order valence-corrected chi connectivity index (χ3v) is 2.28. The molecule has 0 unspecified atom stereocenters. The highest BCUT2D eigenvalue weighted by Crippen LogP contribution is 2.14. The van der Waals surface area contributed by atoms with E-state index >= 15 is 0 Å². The minimum absolute atomic E-state index is 0.490. The van der Waals surface area contributed by atoms with Gasteiger partial charge in [-0.3, -0.25) is 0 Å². The van der Waals surface area contributed by atoms with Gasteiger partial charge in [0.25, 0.3) is 0 Å². The topological polar surface area (TPSA) is 38.3 Å². The molecule has 0 aromatic heterocycles. The molecule has 0 spiro atoms. The van der Waals surface area contributed by atoms with Crippen LogP contribution in [0.2, 0.25) is 0 Å². The van der Waals surface area contributed by atoms with E-state index in [1.54, 1.807) is 7.11 Å². The van der Waals surface area contributed by atoms with Gasteiger partial charge in [-0.25, -0.2) is 0 Å². The number of aryl methyl sites for hydroxylation is 1. The first-order valence-electron chi connectivity index (χ1n) is 5.04. The summed E-state index contributed by atoms with van der Waals surface area (Å²) in [7, 11) is 1.68. The van der Waals surface area contributed by atoms with Crippen LogP contribution in [0.4, 0.5) is 5.69 Å². The molecule has 0 aliphatic heterocycles. The van der Waals surface area contributed by atoms with Crippen LogP contribution in [0, 0.1) is 6.92 Å². The molecule has 0 bridgehead atoms. The molecule has 0 aliphatic rings. The highest BCUT2D eigenvalue weighted by molar-refractivity contribution is 5.58. The highest BCUT2D eigenvalue weighted by Gasteiger charge is 1.99. The summed E-state index contributed by atoms with van der Waals surface area (Å²) in [4.78, 5) is 10.4. The fraction of sp³-hybridized carbons (Fsp3) is 0.417. The first-order valence-corrected chi connectivity index (χ1v) is 5.04. The second-order valence-corrected chi connectivity index (χ2v) is 3.43. The third-order valence-electron chi connectivity index (χ3n) is 2.28. The molecule has 3 nitrogen and oxygen atoms in total. The molecular weight excluding hydrogens is 190 g/mol. The largest absolute Gasteiger partial charge is 0.383 e. The van der Waals surface area contributed by atoms with Gasteiger partial charge in [-0.15, -0.1) is 0 Å². The van der Waals surface area contributed by atoms with E-state index in [0.717, 1.165) is 29.6 Å². The molecule has 0 heterocycles. The first-order chi connectivity index (χ1) is 7.27. The lowest BCUT2D eigenvalue weighted by Gasteiger charge is -2.08. The lowest BCUT2D eigenvalue weighted by molar-refractivity contribution is -0.107. The van der Waals surface area contributed by atoms with Crippen molar-refractivity contribution in [2.24, 2.45) is 0 Å². The molecule has 82 valence electrons. The molecule has 1 rings (SSSR count). The first kappa shape index (κ1) is 11.7. The normalized spacial score (nSPS) is 10.0. The molecule has 0 atom stereocenters. The number of methoxy groups -OCH3 is 1. The maximum Gasteiger partial charge on any atom is 0.124 e. The molecule has 0 fully saturated rings. The highest BCUT2D eigenvalue weighted by atomic mass is 16.5. The Balaban J connectivity index is 2.60. The summed E-state index contributed by atoms with van der Waals surface area (Å²) in [6, 6.07) is 6.02. The van der Waals surface area contributed by atoms with Gasteiger partial charge in [0, 0.05) is 25.8 Å². The predicted octanol–water partition coefficient (Wildman–Crippen LogP) is 1.79. The van der Waals surface area contributed by atoms with Crippen LogP contribution < -0.4 is 5.32 Å². The van der Waals surface area contributed by atoms with Crippen LogP contribution >= 0.6 is 0 Å². The van der Waals surface area contributed by atoms with Gasteiger partial charge in [0.2, 0.25) is 0 Å². The quantitative estimate of drug-likeness (QED) is 0.571. The van der Waals surface area contributed by atoms with Gasteiger partial charge in [0.05, 0.1) is 6.61 Å². The average molecular weight is 207 g/mol. The number of carbonyl (C=O) groups is 1. The third kappa shape index (κ3) is 3.72. The van der Waals surface area contributed by atoms with Crippen LogP contribution in [-0.2, 0) is 16.0 Å². The minimum Gasteiger partial charge on any atom is -0.383 e. The van der Waals surface area contributed by atoms with E-state index in [1.807, 2.05) is 19.1 Å². The number of aldehydes is 1. The molecule has 15 heavy (non-hydrogen) atoms. The zero-order valence-electron chi connectivity index (χ0n) is 9.25. The Hall–Kier alpha value is -1.35. The summed E-state index contributed by atoms with van der Waals surface area (Å²) >= 11 is 0. The number of carbonyl (C=O) groups excluding carboxylic acids is 1. The number of benzene rings is 1. The van der Waals surface area contributed by atoms with E-state index in [0.29, 0.717) is 13.0 Å². The van der Waals surface area contributed by atoms with Gasteiger partial charge in [0.15, 0.2) is 0 Å². The lowest BCUT2D eigenvalue weighted by Crippen LogP contribution is -2.07. The zero-order valence-corrected chi connectivity index (χ0v) is 9.25. The van der Waals surface area contributed by atoms with Crippen molar-refractivity contribution < 1.29 is 9.53 Å². The summed E-state index contributed by atoms with van der Waals surface area (Å²) in [6.07, 6.45) is 1.42. The van der Waals surface area contributed by atoms with Crippen molar-refractivity contribution in [2.45, 2.75) is 13.3 Å². The monoisotopic (exact) mass is 207 g/mol. The van der Waals surface area contributed by atoms with Crippen molar-refractivity contribution in [3.8, 4) is 0 Å². The molecule has 0 amide bonds. The standard InChI is InChI=1S/C12H17NO2/c1-10-9-12(13-6-8-15-2)4-3-11(10)5-7-14/h3-4,7,9,13H,5-6,8H2,1-2H3. The van der Waals surface area contributed by atoms with Crippen LogP contribution in [0.15, 0.2) is 18.2 Å². The van der Waals surface area contributed by atoms with Crippen molar-refractivity contribution >= 4 is 12.0 Å². The summed E-state index contributed by atoms with van der Waals surface area (Å²) in [6.45, 7) is 3.50. The summed E-state index contributed by atoms with van der Waals surface area (Å²) in [5.74, 6) is 0. The smallest absolute Gasteiger partial charge is 0.124 e. The Bertz CT molecular complexity index is 323. The second-order valence-electron chi connectivity index (χ2n) is 3.43. The van der Waals surface area contributed by atoms with Gasteiger partial charge < -0.3 is 14.8 Å². The van der Waals surface area contributed by atoms with Crippen LogP contribution in [0.5, 0.6) is 0 Å². The fourth-order valence-electron chi connectivity index (χ4n) is 1.42. The Morgan fingerprint density at radius 3 is 2.87 bits per heavy atom. The molecule has 1 N–H and O–H groups in total. The van der Waals surface area contributed by atoms with Crippen molar-refractivity contribution in [3.63, 3.8) is 0 Å². The van der Waals surface area contributed by atoms with E-state index < -0.39 is 0 Å². The van der Waals surface area contributed by atoms with E-state index in [9.17, 15) is 4.79 Å². The molecule has 0 aliphatic carbocycles. The number of hydrogen-bond donors (Lipinski definition) is 1. The van der Waals surface area contributed by atoms with Crippen molar-refractivity contribution in [1.82, 2.24) is 0 Å². The van der Waals surface area contributed by atoms with Crippen molar-refractivity contribution in [1.29, 1.82) is 0 Å². The maximum absolute atomic E-state index is 10.4. The lowest BCUT2D eigenvalue weighted by atomic mass is 10.1. The molecule has 1 aromatic carbocycles. The van der Waals surface area contributed by atoms with Crippen LogP contribution in [0.3, 0.4) is 0 Å². The Labute approximate surface area is 90.4 Å². The van der Waals surface area contributed by atoms with Gasteiger partial charge in [0.1, 0.15) is 6.29 Å². The molecule has 0 saturated carbocycles. The predicted molar refractivity (Wildman–Crippen MR) is 61.3 cm³/mol. The van der Waals surface area contributed by atoms with Gasteiger partial charge in [-0.2, -0.15) is 0 Å². The maximum atomic E-state index is 10.4. The molecule has 3 heteroatoms. The molecule has 0 radical (unpaired) electrons. The van der Waals surface area contributed by atoms with E-state index in [2.05, 4.69) is 11.4 Å². The number of rotatable bonds is 6. The van der Waals surface area contributed by atoms with Crippen LogP contribution in [0.25, 0.3) is 0 Å². The van der Waals surface area contributed by atoms with E-state index in [1.165, 1.54) is 0 Å². The average Bonchev–Trinajstić information content (AvgIpc) is 2.23. The molecule has 1 aromatic rings. The van der Waals surface area contributed by atoms with E-state index in [-0.39, 0.29) is 0 Å². The van der Waals surface area contributed by atoms with E-state index in [4.69, 9.17) is 4.74 Å². The van der Waals surface area contributed by atoms with Crippen molar-refractivity contribution in [2.75, 3.05) is 25.6 Å². The minimum atomic E-state index is 0.490. The Kier molecular flexibility index (Phi) is 4.84. The van der Waals surface area contributed by atoms with Crippen LogP contribution in [0.1, 0.15) is 11.1 Å². The summed E-state index contributed by atoms with van der Waals surface area (Å²) in [5, 5.41) is 3.24. The fourth-order valence-corrected chi connectivity index (χ4v) is 1.42. The zero-order chi connectivity index (χ0) is 11.1. The van der Waals surface area contributed by atoms with Crippen LogP contribution in [-0.4, -0.2) is 26.5 Å². The van der Waals surface area contributed by atoms with Gasteiger partial charge >= 0.3 is 0 Å². The van der Waals surface area contributed by atoms with Gasteiger partial charge in [-0.1, -0.05) is 6.07 Å². The number of anilines is 1. The SMILES string of the molecule is COCCNc1ccc(CC=O)c(C)c1. The second kappa shape index (κ2) is 6.19. The summed E-state index contributed by atoms with van der Waals surface area (Å²) in [5.41, 5.74) is 3.30. The van der Waals surface area contributed by atoms with Crippen molar-refractivity contribution in [3.05, 3.63) is 29.3 Å². The van der Waals surface area contributed by atoms with Gasteiger partial charge in [-0.05, 0) is 30.2 Å². The summed E-state index contributed by atoms with van der Waals surface area (Å²) < 4.78 is 4.95.